The summed E-state index contributed by atoms with van der Waals surface area (Å²) in [5.74, 6) is -0.0398. The van der Waals surface area contributed by atoms with Crippen LogP contribution in [0.2, 0.25) is 0 Å². The van der Waals surface area contributed by atoms with E-state index in [9.17, 15) is 9.59 Å². The fraction of sp³-hybridized carbons (Fsp3) is 0.312. The molecule has 1 atom stereocenters. The summed E-state index contributed by atoms with van der Waals surface area (Å²) >= 11 is 0. The van der Waals surface area contributed by atoms with Gasteiger partial charge in [0, 0.05) is 5.56 Å². The fourth-order valence-electron chi connectivity index (χ4n) is 4.22. The average molecular weight is 501 g/mol. The number of para-hydroxylation sites is 1. The highest BCUT2D eigenvalue weighted by atomic mass is 16.5. The first-order valence-corrected chi connectivity index (χ1v) is 12.8. The summed E-state index contributed by atoms with van der Waals surface area (Å²) in [6.45, 7) is 0.651. The lowest BCUT2D eigenvalue weighted by atomic mass is 9.92. The maximum atomic E-state index is 12.2. The van der Waals surface area contributed by atoms with Crippen molar-refractivity contribution < 1.29 is 23.8 Å². The topological polar surface area (TPSA) is 61.8 Å². The van der Waals surface area contributed by atoms with Gasteiger partial charge in [0.15, 0.2) is 0 Å². The van der Waals surface area contributed by atoms with Crippen LogP contribution in [0.1, 0.15) is 52.7 Å². The number of allylic oxidation sites excluding steroid dienone is 1. The number of hydrogen-bond acceptors (Lipinski definition) is 5. The van der Waals surface area contributed by atoms with Crippen LogP contribution in [-0.2, 0) is 27.1 Å². The minimum Gasteiger partial charge on any atom is -0.493 e. The van der Waals surface area contributed by atoms with Crippen molar-refractivity contribution in [1.29, 1.82) is 0 Å². The predicted octanol–water partition coefficient (Wildman–Crippen LogP) is 6.70. The number of methoxy groups -OCH3 is 2. The SMILES string of the molecule is COC(=O)CC(/C=C/c1ccccc1OCCCCCc1ccccc1)Cc1ccccc1C(=O)OC. The second-order valence-electron chi connectivity index (χ2n) is 8.93. The molecule has 0 bridgehead atoms. The highest BCUT2D eigenvalue weighted by Crippen LogP contribution is 2.24. The quantitative estimate of drug-likeness (QED) is 0.182. The van der Waals surface area contributed by atoms with E-state index in [2.05, 4.69) is 24.3 Å². The molecule has 0 fully saturated rings. The highest BCUT2D eigenvalue weighted by molar-refractivity contribution is 5.91. The number of rotatable bonds is 14. The Bertz CT molecular complexity index is 1150. The van der Waals surface area contributed by atoms with E-state index >= 15 is 0 Å². The molecule has 0 radical (unpaired) electrons. The van der Waals surface area contributed by atoms with Gasteiger partial charge in [-0.2, -0.15) is 0 Å². The van der Waals surface area contributed by atoms with Gasteiger partial charge in [-0.15, -0.1) is 0 Å². The summed E-state index contributed by atoms with van der Waals surface area (Å²) in [4.78, 5) is 24.3. The normalized spacial score (nSPS) is 11.7. The lowest BCUT2D eigenvalue weighted by Gasteiger charge is -2.15. The van der Waals surface area contributed by atoms with E-state index in [1.165, 1.54) is 19.8 Å². The second-order valence-corrected chi connectivity index (χ2v) is 8.93. The molecule has 0 N–H and O–H groups in total. The van der Waals surface area contributed by atoms with E-state index in [1.807, 2.05) is 54.6 Å². The van der Waals surface area contributed by atoms with Crippen LogP contribution in [0.5, 0.6) is 5.75 Å². The van der Waals surface area contributed by atoms with Crippen molar-refractivity contribution in [3.8, 4) is 5.75 Å². The number of aryl methyl sites for hydroxylation is 1. The summed E-state index contributed by atoms with van der Waals surface area (Å²) in [5.41, 5.74) is 3.65. The minimum absolute atomic E-state index is 0.163. The number of carbonyl (C=O) groups is 2. The van der Waals surface area contributed by atoms with E-state index in [-0.39, 0.29) is 24.3 Å². The Hall–Kier alpha value is -3.86. The molecule has 0 amide bonds. The lowest BCUT2D eigenvalue weighted by Crippen LogP contribution is -2.13. The molecule has 194 valence electrons. The summed E-state index contributed by atoms with van der Waals surface area (Å²) in [6, 6.07) is 25.7. The van der Waals surface area contributed by atoms with E-state index in [1.54, 1.807) is 12.1 Å². The molecule has 1 unspecified atom stereocenters. The zero-order chi connectivity index (χ0) is 26.3. The smallest absolute Gasteiger partial charge is 0.338 e. The van der Waals surface area contributed by atoms with Crippen molar-refractivity contribution in [3.05, 3.63) is 107 Å². The van der Waals surface area contributed by atoms with Crippen molar-refractivity contribution in [3.63, 3.8) is 0 Å². The third-order valence-corrected chi connectivity index (χ3v) is 6.24. The van der Waals surface area contributed by atoms with Crippen LogP contribution < -0.4 is 4.74 Å². The Morgan fingerprint density at radius 2 is 1.54 bits per heavy atom. The minimum atomic E-state index is -0.390. The largest absolute Gasteiger partial charge is 0.493 e. The van der Waals surface area contributed by atoms with Crippen molar-refractivity contribution >= 4 is 18.0 Å². The first kappa shape index (κ1) is 27.7. The zero-order valence-electron chi connectivity index (χ0n) is 21.7. The van der Waals surface area contributed by atoms with Crippen molar-refractivity contribution in [2.45, 2.75) is 38.5 Å². The number of hydrogen-bond donors (Lipinski definition) is 0. The van der Waals surface area contributed by atoms with Gasteiger partial charge < -0.3 is 14.2 Å². The van der Waals surface area contributed by atoms with Gasteiger partial charge in [0.1, 0.15) is 5.75 Å². The maximum Gasteiger partial charge on any atom is 0.338 e. The molecular formula is C32H36O5. The number of ether oxygens (including phenoxy) is 3. The number of unbranched alkanes of at least 4 members (excludes halogenated alkanes) is 2. The van der Waals surface area contributed by atoms with Crippen LogP contribution in [0, 0.1) is 5.92 Å². The van der Waals surface area contributed by atoms with E-state index in [0.29, 0.717) is 18.6 Å². The van der Waals surface area contributed by atoms with Crippen LogP contribution in [0.4, 0.5) is 0 Å². The van der Waals surface area contributed by atoms with Gasteiger partial charge in [0.25, 0.3) is 0 Å². The molecule has 3 aromatic carbocycles. The van der Waals surface area contributed by atoms with Gasteiger partial charge in [-0.05, 0) is 61.3 Å². The summed E-state index contributed by atoms with van der Waals surface area (Å²) in [6.07, 6.45) is 8.99. The Kier molecular flexibility index (Phi) is 11.5. The molecule has 0 heterocycles. The Morgan fingerprint density at radius 3 is 2.32 bits per heavy atom. The molecule has 0 aliphatic carbocycles. The summed E-state index contributed by atoms with van der Waals surface area (Å²) < 4.78 is 15.9. The van der Waals surface area contributed by atoms with Crippen LogP contribution in [0.15, 0.2) is 84.9 Å². The Balaban J connectivity index is 1.61. The van der Waals surface area contributed by atoms with Gasteiger partial charge in [0.05, 0.1) is 32.8 Å². The zero-order valence-corrected chi connectivity index (χ0v) is 21.7. The number of carbonyl (C=O) groups excluding carboxylic acids is 2. The number of benzene rings is 3. The van der Waals surface area contributed by atoms with Crippen LogP contribution in [0.3, 0.4) is 0 Å². The molecule has 0 spiro atoms. The average Bonchev–Trinajstić information content (AvgIpc) is 2.94. The van der Waals surface area contributed by atoms with Crippen molar-refractivity contribution in [2.75, 3.05) is 20.8 Å². The molecule has 0 aliphatic heterocycles. The van der Waals surface area contributed by atoms with Crippen LogP contribution >= 0.6 is 0 Å². The number of esters is 2. The Morgan fingerprint density at radius 1 is 0.811 bits per heavy atom. The standard InChI is InChI=1S/C32H36O5/c1-35-31(33)24-26(23-28-17-8-10-18-29(28)32(34)36-2)20-21-27-16-9-11-19-30(27)37-22-12-4-7-15-25-13-5-3-6-14-25/h3,5-6,8-11,13-14,16-21,26H,4,7,12,15,22-24H2,1-2H3/b21-20+. The maximum absolute atomic E-state index is 12.2. The third kappa shape index (κ3) is 9.26. The summed E-state index contributed by atoms with van der Waals surface area (Å²) in [5, 5.41) is 0. The molecule has 37 heavy (non-hydrogen) atoms. The molecular weight excluding hydrogens is 464 g/mol. The van der Waals surface area contributed by atoms with Gasteiger partial charge in [-0.1, -0.05) is 78.9 Å². The second kappa shape index (κ2) is 15.3. The van der Waals surface area contributed by atoms with Crippen molar-refractivity contribution in [2.24, 2.45) is 5.92 Å². The first-order chi connectivity index (χ1) is 18.1. The molecule has 5 heteroatoms. The first-order valence-electron chi connectivity index (χ1n) is 12.8. The van der Waals surface area contributed by atoms with E-state index < -0.39 is 0 Å². The van der Waals surface area contributed by atoms with E-state index in [4.69, 9.17) is 14.2 Å². The van der Waals surface area contributed by atoms with E-state index in [0.717, 1.165) is 42.6 Å². The molecule has 0 saturated carbocycles. The van der Waals surface area contributed by atoms with Crippen LogP contribution in [-0.4, -0.2) is 32.8 Å². The fourth-order valence-corrected chi connectivity index (χ4v) is 4.22. The predicted molar refractivity (Wildman–Crippen MR) is 147 cm³/mol. The van der Waals surface area contributed by atoms with Crippen molar-refractivity contribution in [1.82, 2.24) is 0 Å². The highest BCUT2D eigenvalue weighted by Gasteiger charge is 2.17. The molecule has 0 saturated heterocycles. The molecule has 0 aromatic heterocycles. The van der Waals surface area contributed by atoms with Gasteiger partial charge in [-0.3, -0.25) is 4.79 Å². The molecule has 0 aliphatic rings. The molecule has 3 aromatic rings. The van der Waals surface area contributed by atoms with Gasteiger partial charge in [-0.25, -0.2) is 4.79 Å². The lowest BCUT2D eigenvalue weighted by molar-refractivity contribution is -0.141. The van der Waals surface area contributed by atoms with Gasteiger partial charge in [0.2, 0.25) is 0 Å². The van der Waals surface area contributed by atoms with Crippen LogP contribution in [0.25, 0.3) is 6.08 Å². The monoisotopic (exact) mass is 500 g/mol. The Labute approximate surface area is 220 Å². The molecule has 5 nitrogen and oxygen atoms in total. The summed E-state index contributed by atoms with van der Waals surface area (Å²) in [7, 11) is 2.75. The third-order valence-electron chi connectivity index (χ3n) is 6.24. The molecule has 3 rings (SSSR count). The van der Waals surface area contributed by atoms with Gasteiger partial charge >= 0.3 is 11.9 Å².